The van der Waals surface area contributed by atoms with Crippen LogP contribution in [0.2, 0.25) is 0 Å². The van der Waals surface area contributed by atoms with Crippen molar-refractivity contribution >= 4 is 45.9 Å². The van der Waals surface area contributed by atoms with Gasteiger partial charge >= 0.3 is 0 Å². The topological polar surface area (TPSA) is 52.8 Å². The number of aryl methyl sites for hydroxylation is 1. The molecule has 1 fully saturated rings. The molecule has 0 atom stereocenters. The Hall–Kier alpha value is -0.280. The van der Waals surface area contributed by atoms with E-state index in [4.69, 9.17) is 4.99 Å². The average molecular weight is 513 g/mol. The van der Waals surface area contributed by atoms with Gasteiger partial charge in [0, 0.05) is 37.0 Å². The Balaban J connectivity index is 0.00000288. The molecule has 2 rings (SSSR count). The molecule has 0 amide bonds. The van der Waals surface area contributed by atoms with Crippen LogP contribution in [0.1, 0.15) is 44.7 Å². The van der Waals surface area contributed by atoms with Crippen molar-refractivity contribution in [1.82, 2.24) is 14.8 Å². The number of halogens is 2. The van der Waals surface area contributed by atoms with Gasteiger partial charge < -0.3 is 19.9 Å². The highest BCUT2D eigenvalue weighted by Gasteiger charge is 2.29. The van der Waals surface area contributed by atoms with Crippen LogP contribution in [0.5, 0.6) is 0 Å². The average Bonchev–Trinajstić information content (AvgIpc) is 2.82. The molecule has 1 saturated carbocycles. The Bertz CT molecular complexity index is 541. The summed E-state index contributed by atoms with van der Waals surface area (Å²) >= 11 is 3.51. The first-order chi connectivity index (χ1) is 10.9. The van der Waals surface area contributed by atoms with Crippen LogP contribution in [0.15, 0.2) is 21.7 Å². The molecule has 1 aliphatic rings. The van der Waals surface area contributed by atoms with Gasteiger partial charge in [0.15, 0.2) is 5.96 Å². The van der Waals surface area contributed by atoms with Crippen molar-refractivity contribution in [3.05, 3.63) is 22.4 Å². The summed E-state index contributed by atoms with van der Waals surface area (Å²) in [7, 11) is 4.08. The van der Waals surface area contributed by atoms with Crippen molar-refractivity contribution < 1.29 is 5.11 Å². The van der Waals surface area contributed by atoms with E-state index >= 15 is 0 Å². The van der Waals surface area contributed by atoms with Gasteiger partial charge in [-0.3, -0.25) is 4.99 Å². The summed E-state index contributed by atoms with van der Waals surface area (Å²) in [4.78, 5) is 6.81. The third kappa shape index (κ3) is 6.22. The van der Waals surface area contributed by atoms with Gasteiger partial charge in [0.2, 0.25) is 0 Å². The van der Waals surface area contributed by atoms with E-state index in [1.165, 1.54) is 12.1 Å². The van der Waals surface area contributed by atoms with Crippen LogP contribution in [0.4, 0.5) is 0 Å². The fourth-order valence-electron chi connectivity index (χ4n) is 3.10. The molecule has 1 aliphatic carbocycles. The number of aromatic nitrogens is 1. The Labute approximate surface area is 171 Å². The number of nitrogens with one attached hydrogen (secondary N) is 1. The molecule has 0 spiro atoms. The summed E-state index contributed by atoms with van der Waals surface area (Å²) in [5.74, 6) is 0.851. The van der Waals surface area contributed by atoms with Crippen molar-refractivity contribution in [3.8, 4) is 0 Å². The highest BCUT2D eigenvalue weighted by atomic mass is 127. The monoisotopic (exact) mass is 512 g/mol. The maximum atomic E-state index is 10.6. The van der Waals surface area contributed by atoms with Gasteiger partial charge in [-0.15, -0.1) is 24.0 Å². The zero-order chi connectivity index (χ0) is 16.9. The molecular formula is C17H30BrIN4O. The summed E-state index contributed by atoms with van der Waals surface area (Å²) in [5.41, 5.74) is 0.592. The zero-order valence-electron chi connectivity index (χ0n) is 14.9. The maximum absolute atomic E-state index is 10.6. The lowest BCUT2D eigenvalue weighted by Crippen LogP contribution is -2.41. The third-order valence-electron chi connectivity index (χ3n) is 4.48. The predicted octanol–water partition coefficient (Wildman–Crippen LogP) is 3.50. The number of aliphatic hydroxyl groups is 1. The van der Waals surface area contributed by atoms with E-state index < -0.39 is 5.60 Å². The lowest BCUT2D eigenvalue weighted by Gasteiger charge is -2.31. The van der Waals surface area contributed by atoms with Gasteiger partial charge in [0.25, 0.3) is 0 Å². The van der Waals surface area contributed by atoms with E-state index in [1.54, 1.807) is 0 Å². The molecule has 0 saturated heterocycles. The molecule has 0 aromatic carbocycles. The van der Waals surface area contributed by atoms with Crippen LogP contribution in [-0.2, 0) is 13.6 Å². The molecule has 24 heavy (non-hydrogen) atoms. The lowest BCUT2D eigenvalue weighted by atomic mass is 9.85. The summed E-state index contributed by atoms with van der Waals surface area (Å²) in [6, 6.07) is 2.12. The van der Waals surface area contributed by atoms with Crippen molar-refractivity contribution in [2.75, 3.05) is 20.1 Å². The van der Waals surface area contributed by atoms with Crippen molar-refractivity contribution in [1.29, 1.82) is 0 Å². The number of aliphatic imine (C=N–C) groups is 1. The smallest absolute Gasteiger partial charge is 0.194 e. The van der Waals surface area contributed by atoms with E-state index in [0.717, 1.165) is 49.2 Å². The lowest BCUT2D eigenvalue weighted by molar-refractivity contribution is 0.0130. The van der Waals surface area contributed by atoms with Crippen molar-refractivity contribution in [2.24, 2.45) is 12.0 Å². The first-order valence-electron chi connectivity index (χ1n) is 8.46. The van der Waals surface area contributed by atoms with Gasteiger partial charge in [-0.2, -0.15) is 0 Å². The van der Waals surface area contributed by atoms with Crippen molar-refractivity contribution in [2.45, 2.75) is 51.2 Å². The van der Waals surface area contributed by atoms with Gasteiger partial charge in [-0.25, -0.2) is 0 Å². The fraction of sp³-hybridized carbons (Fsp3) is 0.706. The Morgan fingerprint density at radius 1 is 1.42 bits per heavy atom. The quantitative estimate of drug-likeness (QED) is 0.360. The number of nitrogens with zero attached hydrogens (tertiary/aromatic N) is 3. The fourth-order valence-corrected chi connectivity index (χ4v) is 3.67. The molecule has 0 aliphatic heterocycles. The molecule has 7 heteroatoms. The van der Waals surface area contributed by atoms with Crippen LogP contribution >= 0.6 is 39.9 Å². The van der Waals surface area contributed by atoms with Crippen LogP contribution in [0, 0.1) is 0 Å². The number of rotatable bonds is 5. The highest BCUT2D eigenvalue weighted by Crippen LogP contribution is 2.28. The number of hydrogen-bond donors (Lipinski definition) is 2. The Morgan fingerprint density at radius 3 is 2.62 bits per heavy atom. The van der Waals surface area contributed by atoms with Crippen molar-refractivity contribution in [3.63, 3.8) is 0 Å². The number of hydrogen-bond acceptors (Lipinski definition) is 2. The summed E-state index contributed by atoms with van der Waals surface area (Å²) in [6.07, 6.45) is 7.23. The zero-order valence-corrected chi connectivity index (χ0v) is 18.8. The second-order valence-electron chi connectivity index (χ2n) is 6.57. The van der Waals surface area contributed by atoms with Gasteiger partial charge in [-0.1, -0.05) is 19.3 Å². The SMILES string of the molecule is CCNC(=NCC1(O)CCCCC1)N(C)Cc1cc(Br)cn1C.I. The molecule has 0 radical (unpaired) electrons. The molecule has 0 unspecified atom stereocenters. The summed E-state index contributed by atoms with van der Waals surface area (Å²) < 4.78 is 3.19. The van der Waals surface area contributed by atoms with E-state index in [-0.39, 0.29) is 24.0 Å². The van der Waals surface area contributed by atoms with E-state index in [2.05, 4.69) is 49.9 Å². The molecule has 1 aromatic rings. The Kier molecular flexibility index (Phi) is 9.08. The second kappa shape index (κ2) is 10.0. The van der Waals surface area contributed by atoms with Gasteiger partial charge in [0.05, 0.1) is 18.7 Å². The molecule has 138 valence electrons. The third-order valence-corrected chi connectivity index (χ3v) is 4.91. The minimum Gasteiger partial charge on any atom is -0.388 e. The van der Waals surface area contributed by atoms with E-state index in [0.29, 0.717) is 6.54 Å². The molecule has 0 bridgehead atoms. The molecule has 1 heterocycles. The Morgan fingerprint density at radius 2 is 2.08 bits per heavy atom. The van der Waals surface area contributed by atoms with Crippen LogP contribution < -0.4 is 5.32 Å². The van der Waals surface area contributed by atoms with E-state index in [1.807, 2.05) is 14.1 Å². The largest absolute Gasteiger partial charge is 0.388 e. The van der Waals surface area contributed by atoms with Crippen LogP contribution in [0.25, 0.3) is 0 Å². The predicted molar refractivity (Wildman–Crippen MR) is 114 cm³/mol. The normalized spacial score (nSPS) is 17.3. The first kappa shape index (κ1) is 21.8. The minimum absolute atomic E-state index is 0. The number of guanidine groups is 1. The molecular weight excluding hydrogens is 483 g/mol. The van der Waals surface area contributed by atoms with Crippen LogP contribution in [-0.4, -0.2) is 46.3 Å². The summed E-state index contributed by atoms with van der Waals surface area (Å²) in [6.45, 7) is 4.14. The second-order valence-corrected chi connectivity index (χ2v) is 7.49. The highest BCUT2D eigenvalue weighted by molar-refractivity contribution is 14.0. The summed E-state index contributed by atoms with van der Waals surface area (Å²) in [5, 5.41) is 14.0. The molecule has 1 aromatic heterocycles. The van der Waals surface area contributed by atoms with Gasteiger partial charge in [0.1, 0.15) is 0 Å². The minimum atomic E-state index is -0.617. The molecule has 5 nitrogen and oxygen atoms in total. The standard InChI is InChI=1S/C17H29BrN4O.HI/c1-4-19-16(20-13-17(23)8-6-5-7-9-17)22(3)12-15-10-14(18)11-21(15)2;/h10-11,23H,4-9,12-13H2,1-3H3,(H,19,20);1H. The van der Waals surface area contributed by atoms with Crippen LogP contribution in [0.3, 0.4) is 0 Å². The maximum Gasteiger partial charge on any atom is 0.194 e. The first-order valence-corrected chi connectivity index (χ1v) is 9.25. The van der Waals surface area contributed by atoms with E-state index in [9.17, 15) is 5.11 Å². The van der Waals surface area contributed by atoms with Gasteiger partial charge in [-0.05, 0) is 41.8 Å². The molecule has 2 N–H and O–H groups in total.